The topological polar surface area (TPSA) is 34.0 Å². The molecule has 1 aromatic carbocycles. The third kappa shape index (κ3) is 3.31. The number of rotatable bonds is 5. The summed E-state index contributed by atoms with van der Waals surface area (Å²) >= 11 is 12.2. The first-order valence-electron chi connectivity index (χ1n) is 7.22. The molecule has 3 nitrogen and oxygen atoms in total. The fourth-order valence-electron chi connectivity index (χ4n) is 2.78. The maximum absolute atomic E-state index is 12.5. The van der Waals surface area contributed by atoms with Gasteiger partial charge in [-0.15, -0.1) is 0 Å². The van der Waals surface area contributed by atoms with Crippen molar-refractivity contribution in [3.8, 4) is 0 Å². The Labute approximate surface area is 141 Å². The molecule has 2 rings (SSSR count). The van der Waals surface area contributed by atoms with Crippen LogP contribution in [0.25, 0.3) is 0 Å². The van der Waals surface area contributed by atoms with Gasteiger partial charge < -0.3 is 9.88 Å². The first-order valence-corrected chi connectivity index (χ1v) is 7.98. The smallest absolute Gasteiger partial charge is 0.183 e. The van der Waals surface area contributed by atoms with Crippen LogP contribution in [0.4, 0.5) is 5.69 Å². The van der Waals surface area contributed by atoms with Gasteiger partial charge in [-0.25, -0.2) is 0 Å². The number of nitrogens with zero attached hydrogens (tertiary/aromatic N) is 1. The van der Waals surface area contributed by atoms with Crippen LogP contribution in [0.5, 0.6) is 0 Å². The molecule has 118 valence electrons. The second-order valence-electron chi connectivity index (χ2n) is 5.62. The van der Waals surface area contributed by atoms with Gasteiger partial charge in [-0.05, 0) is 45.9 Å². The van der Waals surface area contributed by atoms with Gasteiger partial charge in [-0.1, -0.05) is 29.3 Å². The molecule has 1 N–H and O–H groups in total. The number of hydrogen-bond acceptors (Lipinski definition) is 2. The zero-order valence-corrected chi connectivity index (χ0v) is 14.7. The minimum Gasteiger partial charge on any atom is -0.375 e. The molecule has 0 aliphatic heterocycles. The summed E-state index contributed by atoms with van der Waals surface area (Å²) in [4.78, 5) is 12.5. The predicted octanol–water partition coefficient (Wildman–Crippen LogP) is 5.29. The number of hydrogen-bond donors (Lipinski definition) is 1. The number of Topliss-reactive ketones (excluding diaryl/α,β-unsaturated/α-hetero) is 1. The van der Waals surface area contributed by atoms with Crippen LogP contribution < -0.4 is 5.32 Å². The van der Waals surface area contributed by atoms with Crippen LogP contribution in [0.3, 0.4) is 0 Å². The number of para-hydroxylation sites is 1. The van der Waals surface area contributed by atoms with Gasteiger partial charge in [0.2, 0.25) is 0 Å². The van der Waals surface area contributed by atoms with Crippen LogP contribution in [-0.2, 0) is 0 Å². The number of aryl methyl sites for hydroxylation is 1. The molecule has 0 fully saturated rings. The monoisotopic (exact) mass is 338 g/mol. The van der Waals surface area contributed by atoms with E-state index in [1.165, 1.54) is 0 Å². The number of carbonyl (C=O) groups is 1. The predicted molar refractivity (Wildman–Crippen MR) is 93.6 cm³/mol. The number of nitrogens with one attached hydrogen (secondary N) is 1. The van der Waals surface area contributed by atoms with E-state index >= 15 is 0 Å². The average molecular weight is 339 g/mol. The van der Waals surface area contributed by atoms with Crippen molar-refractivity contribution in [3.63, 3.8) is 0 Å². The van der Waals surface area contributed by atoms with Gasteiger partial charge in [0.1, 0.15) is 0 Å². The summed E-state index contributed by atoms with van der Waals surface area (Å²) in [6.07, 6.45) is 0. The average Bonchev–Trinajstić information content (AvgIpc) is 2.73. The Morgan fingerprint density at radius 2 is 1.82 bits per heavy atom. The Morgan fingerprint density at radius 3 is 2.32 bits per heavy atom. The van der Waals surface area contributed by atoms with Gasteiger partial charge in [-0.2, -0.15) is 0 Å². The van der Waals surface area contributed by atoms with E-state index in [1.54, 1.807) is 18.2 Å². The number of aromatic nitrogens is 1. The number of benzene rings is 1. The highest BCUT2D eigenvalue weighted by molar-refractivity contribution is 6.39. The number of halogens is 2. The van der Waals surface area contributed by atoms with Gasteiger partial charge in [-0.3, -0.25) is 4.79 Å². The van der Waals surface area contributed by atoms with E-state index in [0.717, 1.165) is 17.0 Å². The second-order valence-corrected chi connectivity index (χ2v) is 6.44. The number of anilines is 1. The fourth-order valence-corrected chi connectivity index (χ4v) is 3.32. The van der Waals surface area contributed by atoms with E-state index in [0.29, 0.717) is 21.8 Å². The van der Waals surface area contributed by atoms with E-state index in [1.807, 2.05) is 19.9 Å². The van der Waals surface area contributed by atoms with Gasteiger partial charge in [0.05, 0.1) is 22.3 Å². The van der Waals surface area contributed by atoms with E-state index in [4.69, 9.17) is 23.2 Å². The van der Waals surface area contributed by atoms with Crippen LogP contribution in [-0.4, -0.2) is 16.9 Å². The molecular weight excluding hydrogens is 319 g/mol. The molecule has 0 saturated carbocycles. The summed E-state index contributed by atoms with van der Waals surface area (Å²) < 4.78 is 2.16. The van der Waals surface area contributed by atoms with E-state index in [-0.39, 0.29) is 12.3 Å². The standard InChI is InChI=1S/C17H20Cl2N2O/c1-10(2)21-11(3)8-13(12(21)4)16(22)9-20-17-14(18)6-5-7-15(17)19/h5-8,10,20H,9H2,1-4H3. The van der Waals surface area contributed by atoms with Gasteiger partial charge >= 0.3 is 0 Å². The van der Waals surface area contributed by atoms with Crippen LogP contribution >= 0.6 is 23.2 Å². The molecule has 0 radical (unpaired) electrons. The molecule has 22 heavy (non-hydrogen) atoms. The van der Waals surface area contributed by atoms with Crippen molar-refractivity contribution in [2.24, 2.45) is 0 Å². The Kier molecular flexibility index (Phi) is 5.20. The van der Waals surface area contributed by atoms with Crippen molar-refractivity contribution >= 4 is 34.7 Å². The normalized spacial score (nSPS) is 11.0. The molecule has 1 heterocycles. The van der Waals surface area contributed by atoms with Crippen LogP contribution in [0, 0.1) is 13.8 Å². The molecule has 0 aliphatic rings. The van der Waals surface area contributed by atoms with Crippen molar-refractivity contribution in [1.82, 2.24) is 4.57 Å². The van der Waals surface area contributed by atoms with E-state index < -0.39 is 0 Å². The molecule has 0 bridgehead atoms. The van der Waals surface area contributed by atoms with Crippen LogP contribution in [0.15, 0.2) is 24.3 Å². The molecule has 0 unspecified atom stereocenters. The van der Waals surface area contributed by atoms with Crippen LogP contribution in [0.1, 0.15) is 41.6 Å². The third-order valence-corrected chi connectivity index (χ3v) is 4.32. The van der Waals surface area contributed by atoms with E-state index in [2.05, 4.69) is 23.7 Å². The lowest BCUT2D eigenvalue weighted by atomic mass is 10.1. The highest BCUT2D eigenvalue weighted by atomic mass is 35.5. The van der Waals surface area contributed by atoms with Crippen molar-refractivity contribution < 1.29 is 4.79 Å². The third-order valence-electron chi connectivity index (χ3n) is 3.69. The van der Waals surface area contributed by atoms with E-state index in [9.17, 15) is 4.79 Å². The Morgan fingerprint density at radius 1 is 1.23 bits per heavy atom. The summed E-state index contributed by atoms with van der Waals surface area (Å²) in [5.74, 6) is 0.0241. The highest BCUT2D eigenvalue weighted by Crippen LogP contribution is 2.30. The van der Waals surface area contributed by atoms with Crippen molar-refractivity contribution in [1.29, 1.82) is 0 Å². The van der Waals surface area contributed by atoms with Crippen LogP contribution in [0.2, 0.25) is 10.0 Å². The largest absolute Gasteiger partial charge is 0.375 e. The second kappa shape index (κ2) is 6.76. The molecule has 0 spiro atoms. The quantitative estimate of drug-likeness (QED) is 0.751. The lowest BCUT2D eigenvalue weighted by Gasteiger charge is -2.14. The van der Waals surface area contributed by atoms with Gasteiger partial charge in [0.25, 0.3) is 0 Å². The summed E-state index contributed by atoms with van der Waals surface area (Å²) in [5.41, 5.74) is 3.41. The summed E-state index contributed by atoms with van der Waals surface area (Å²) in [6, 6.07) is 7.52. The van der Waals surface area contributed by atoms with Crippen molar-refractivity contribution in [2.45, 2.75) is 33.7 Å². The van der Waals surface area contributed by atoms with Gasteiger partial charge in [0.15, 0.2) is 5.78 Å². The zero-order chi connectivity index (χ0) is 16.4. The SMILES string of the molecule is Cc1cc(C(=O)CNc2c(Cl)cccc2Cl)c(C)n1C(C)C. The van der Waals surface area contributed by atoms with Gasteiger partial charge in [0, 0.05) is 23.0 Å². The molecule has 1 aromatic heterocycles. The Bertz CT molecular complexity index is 685. The molecule has 0 saturated heterocycles. The molecule has 2 aromatic rings. The Balaban J connectivity index is 2.19. The lowest BCUT2D eigenvalue weighted by Crippen LogP contribution is -2.15. The molecular formula is C17H20Cl2N2O. The number of carbonyl (C=O) groups excluding carboxylic acids is 1. The zero-order valence-electron chi connectivity index (χ0n) is 13.2. The summed E-state index contributed by atoms with van der Waals surface area (Å²) in [7, 11) is 0. The first-order chi connectivity index (χ1) is 10.3. The van der Waals surface area contributed by atoms with Crippen molar-refractivity contribution in [2.75, 3.05) is 11.9 Å². The molecule has 0 aliphatic carbocycles. The fraction of sp³-hybridized carbons (Fsp3) is 0.353. The molecule has 5 heteroatoms. The summed E-state index contributed by atoms with van der Waals surface area (Å²) in [6.45, 7) is 8.36. The molecule has 0 amide bonds. The first kappa shape index (κ1) is 16.9. The minimum atomic E-state index is 0.0241. The number of ketones is 1. The highest BCUT2D eigenvalue weighted by Gasteiger charge is 2.17. The lowest BCUT2D eigenvalue weighted by molar-refractivity contribution is 0.101. The minimum absolute atomic E-state index is 0.0241. The molecule has 0 atom stereocenters. The summed E-state index contributed by atoms with van der Waals surface area (Å²) in [5, 5.41) is 4.06. The maximum atomic E-state index is 12.5. The van der Waals surface area contributed by atoms with Crippen molar-refractivity contribution in [3.05, 3.63) is 51.3 Å². The Hall–Kier alpha value is -1.45. The maximum Gasteiger partial charge on any atom is 0.183 e.